The summed E-state index contributed by atoms with van der Waals surface area (Å²) < 4.78 is 10.4. The first-order valence-electron chi connectivity index (χ1n) is 7.36. The Morgan fingerprint density at radius 2 is 1.71 bits per heavy atom. The highest BCUT2D eigenvalue weighted by atomic mass is 16.5. The van der Waals surface area contributed by atoms with Crippen LogP contribution in [0.2, 0.25) is 0 Å². The van der Waals surface area contributed by atoms with Crippen molar-refractivity contribution in [2.24, 2.45) is 0 Å². The van der Waals surface area contributed by atoms with Gasteiger partial charge < -0.3 is 20.1 Å². The van der Waals surface area contributed by atoms with Crippen molar-refractivity contribution in [3.63, 3.8) is 0 Å². The van der Waals surface area contributed by atoms with Gasteiger partial charge in [0.15, 0.2) is 0 Å². The zero-order chi connectivity index (χ0) is 17.7. The topological polar surface area (TPSA) is 76.7 Å². The number of hydrogen-bond acceptors (Lipinski definition) is 4. The van der Waals surface area contributed by atoms with Gasteiger partial charge in [-0.15, -0.1) is 0 Å². The van der Waals surface area contributed by atoms with E-state index < -0.39 is 0 Å². The molecule has 0 atom stereocenters. The summed E-state index contributed by atoms with van der Waals surface area (Å²) in [6.45, 7) is 3.32. The van der Waals surface area contributed by atoms with Gasteiger partial charge in [0.25, 0.3) is 5.91 Å². The van der Waals surface area contributed by atoms with Crippen LogP contribution in [0, 0.1) is 6.92 Å². The molecule has 0 radical (unpaired) electrons. The first-order valence-corrected chi connectivity index (χ1v) is 7.36. The van der Waals surface area contributed by atoms with Crippen molar-refractivity contribution in [2.75, 3.05) is 24.9 Å². The standard InChI is InChI=1S/C18H20N2O4/c1-11-5-6-13(9-16(11)19-12(2)21)20-18(22)15-8-7-14(23-3)10-17(15)24-4/h5-10H,1-4H3,(H,19,21)(H,20,22). The summed E-state index contributed by atoms with van der Waals surface area (Å²) in [6.07, 6.45) is 0. The predicted octanol–water partition coefficient (Wildman–Crippen LogP) is 3.22. The number of amides is 2. The minimum atomic E-state index is -0.313. The van der Waals surface area contributed by atoms with Gasteiger partial charge in [-0.1, -0.05) is 6.07 Å². The van der Waals surface area contributed by atoms with Crippen LogP contribution in [-0.2, 0) is 4.79 Å². The lowest BCUT2D eigenvalue weighted by Gasteiger charge is -2.13. The smallest absolute Gasteiger partial charge is 0.259 e. The molecule has 0 aliphatic carbocycles. The van der Waals surface area contributed by atoms with E-state index in [1.165, 1.54) is 14.0 Å². The van der Waals surface area contributed by atoms with Gasteiger partial charge in [0.05, 0.1) is 19.8 Å². The molecule has 126 valence electrons. The summed E-state index contributed by atoms with van der Waals surface area (Å²) in [4.78, 5) is 23.7. The van der Waals surface area contributed by atoms with E-state index in [-0.39, 0.29) is 11.8 Å². The average molecular weight is 328 g/mol. The molecule has 0 unspecified atom stereocenters. The lowest BCUT2D eigenvalue weighted by Crippen LogP contribution is -2.14. The minimum absolute atomic E-state index is 0.168. The molecule has 0 spiro atoms. The molecule has 2 aromatic rings. The zero-order valence-electron chi connectivity index (χ0n) is 14.1. The lowest BCUT2D eigenvalue weighted by molar-refractivity contribution is -0.114. The first-order chi connectivity index (χ1) is 11.4. The van der Waals surface area contributed by atoms with Gasteiger partial charge in [-0.05, 0) is 36.8 Å². The van der Waals surface area contributed by atoms with Gasteiger partial charge in [0.2, 0.25) is 5.91 Å². The van der Waals surface area contributed by atoms with Crippen molar-refractivity contribution in [1.82, 2.24) is 0 Å². The first kappa shape index (κ1) is 17.3. The Kier molecular flexibility index (Phi) is 5.42. The third-order valence-electron chi connectivity index (χ3n) is 3.46. The van der Waals surface area contributed by atoms with Crippen molar-refractivity contribution < 1.29 is 19.1 Å². The number of aryl methyl sites for hydroxylation is 1. The molecule has 24 heavy (non-hydrogen) atoms. The molecular formula is C18H20N2O4. The van der Waals surface area contributed by atoms with Crippen LogP contribution >= 0.6 is 0 Å². The molecular weight excluding hydrogens is 308 g/mol. The normalized spacial score (nSPS) is 10.0. The summed E-state index contributed by atoms with van der Waals surface area (Å²) in [5.74, 6) is 0.540. The van der Waals surface area contributed by atoms with Crippen LogP contribution in [0.4, 0.5) is 11.4 Å². The summed E-state index contributed by atoms with van der Waals surface area (Å²) in [7, 11) is 3.04. The maximum atomic E-state index is 12.5. The molecule has 6 heteroatoms. The second-order valence-corrected chi connectivity index (χ2v) is 5.23. The fourth-order valence-corrected chi connectivity index (χ4v) is 2.21. The summed E-state index contributed by atoms with van der Waals surface area (Å²) in [6, 6.07) is 10.3. The van der Waals surface area contributed by atoms with Crippen molar-refractivity contribution >= 4 is 23.2 Å². The van der Waals surface area contributed by atoms with E-state index in [1.54, 1.807) is 37.4 Å². The van der Waals surface area contributed by atoms with E-state index >= 15 is 0 Å². The molecule has 2 amide bonds. The second kappa shape index (κ2) is 7.50. The lowest BCUT2D eigenvalue weighted by atomic mass is 10.1. The molecule has 0 aliphatic rings. The number of hydrogen-bond donors (Lipinski definition) is 2. The molecule has 2 rings (SSSR count). The van der Waals surface area contributed by atoms with Crippen LogP contribution in [0.25, 0.3) is 0 Å². The Bertz CT molecular complexity index is 772. The Morgan fingerprint density at radius 3 is 2.33 bits per heavy atom. The Labute approximate surface area is 140 Å². The second-order valence-electron chi connectivity index (χ2n) is 5.23. The number of ether oxygens (including phenoxy) is 2. The quantitative estimate of drug-likeness (QED) is 0.883. The van der Waals surface area contributed by atoms with Crippen molar-refractivity contribution in [2.45, 2.75) is 13.8 Å². The molecule has 0 saturated carbocycles. The Hall–Kier alpha value is -3.02. The van der Waals surface area contributed by atoms with Gasteiger partial charge in [-0.2, -0.15) is 0 Å². The maximum Gasteiger partial charge on any atom is 0.259 e. The summed E-state index contributed by atoms with van der Waals surface area (Å²) in [5, 5.41) is 5.53. The van der Waals surface area contributed by atoms with Gasteiger partial charge in [-0.3, -0.25) is 9.59 Å². The van der Waals surface area contributed by atoms with Gasteiger partial charge in [0, 0.05) is 24.4 Å². The van der Waals surface area contributed by atoms with Gasteiger partial charge in [0.1, 0.15) is 11.5 Å². The van der Waals surface area contributed by atoms with Crippen LogP contribution in [0.15, 0.2) is 36.4 Å². The molecule has 0 heterocycles. The van der Waals surface area contributed by atoms with E-state index in [9.17, 15) is 9.59 Å². The Balaban J connectivity index is 2.25. The van der Waals surface area contributed by atoms with Crippen LogP contribution in [0.1, 0.15) is 22.8 Å². The van der Waals surface area contributed by atoms with Crippen molar-refractivity contribution in [1.29, 1.82) is 0 Å². The van der Waals surface area contributed by atoms with Crippen LogP contribution in [-0.4, -0.2) is 26.0 Å². The van der Waals surface area contributed by atoms with E-state index in [0.717, 1.165) is 5.56 Å². The fourth-order valence-electron chi connectivity index (χ4n) is 2.21. The SMILES string of the molecule is COc1ccc(C(=O)Nc2ccc(C)c(NC(C)=O)c2)c(OC)c1. The Morgan fingerprint density at radius 1 is 0.958 bits per heavy atom. The minimum Gasteiger partial charge on any atom is -0.497 e. The monoisotopic (exact) mass is 328 g/mol. The highest BCUT2D eigenvalue weighted by molar-refractivity contribution is 6.06. The third kappa shape index (κ3) is 4.04. The number of carbonyl (C=O) groups is 2. The average Bonchev–Trinajstić information content (AvgIpc) is 2.56. The predicted molar refractivity (Wildman–Crippen MR) is 93.0 cm³/mol. The summed E-state index contributed by atoms with van der Waals surface area (Å²) >= 11 is 0. The summed E-state index contributed by atoms with van der Waals surface area (Å²) in [5.41, 5.74) is 2.53. The zero-order valence-corrected chi connectivity index (χ0v) is 14.1. The fraction of sp³-hybridized carbons (Fsp3) is 0.222. The highest BCUT2D eigenvalue weighted by Gasteiger charge is 2.14. The molecule has 0 aromatic heterocycles. The number of nitrogens with one attached hydrogen (secondary N) is 2. The largest absolute Gasteiger partial charge is 0.497 e. The van der Waals surface area contributed by atoms with Gasteiger partial charge in [-0.25, -0.2) is 0 Å². The number of rotatable bonds is 5. The molecule has 0 saturated heterocycles. The van der Waals surface area contributed by atoms with Crippen LogP contribution in [0.3, 0.4) is 0 Å². The molecule has 2 aromatic carbocycles. The maximum absolute atomic E-state index is 12.5. The molecule has 0 aliphatic heterocycles. The van der Waals surface area contributed by atoms with Crippen LogP contribution < -0.4 is 20.1 Å². The van der Waals surface area contributed by atoms with Crippen molar-refractivity contribution in [3.05, 3.63) is 47.5 Å². The number of methoxy groups -OCH3 is 2. The van der Waals surface area contributed by atoms with Crippen LogP contribution in [0.5, 0.6) is 11.5 Å². The van der Waals surface area contributed by atoms with E-state index in [1.807, 2.05) is 13.0 Å². The van der Waals surface area contributed by atoms with E-state index in [2.05, 4.69) is 10.6 Å². The molecule has 2 N–H and O–H groups in total. The number of benzene rings is 2. The van der Waals surface area contributed by atoms with Crippen molar-refractivity contribution in [3.8, 4) is 11.5 Å². The number of anilines is 2. The molecule has 0 bridgehead atoms. The van der Waals surface area contributed by atoms with E-state index in [0.29, 0.717) is 28.4 Å². The van der Waals surface area contributed by atoms with E-state index in [4.69, 9.17) is 9.47 Å². The molecule has 0 fully saturated rings. The number of carbonyl (C=O) groups excluding carboxylic acids is 2. The highest BCUT2D eigenvalue weighted by Crippen LogP contribution is 2.26. The molecule has 6 nitrogen and oxygen atoms in total. The third-order valence-corrected chi connectivity index (χ3v) is 3.46. The van der Waals surface area contributed by atoms with Gasteiger partial charge >= 0.3 is 0 Å².